The number of carbonyl (C=O) groups is 2. The van der Waals surface area contributed by atoms with E-state index in [-0.39, 0.29) is 30.3 Å². The van der Waals surface area contributed by atoms with Gasteiger partial charge in [-0.15, -0.1) is 0 Å². The van der Waals surface area contributed by atoms with Crippen molar-refractivity contribution in [2.75, 3.05) is 20.7 Å². The van der Waals surface area contributed by atoms with E-state index in [1.165, 1.54) is 4.90 Å². The number of aliphatic hydroxyl groups excluding tert-OH is 1. The lowest BCUT2D eigenvalue weighted by molar-refractivity contribution is -0.151. The van der Waals surface area contributed by atoms with Gasteiger partial charge in [-0.05, 0) is 41.7 Å². The maximum atomic E-state index is 13.1. The van der Waals surface area contributed by atoms with Crippen molar-refractivity contribution in [1.82, 2.24) is 9.80 Å². The third-order valence-electron chi connectivity index (χ3n) is 6.84. The van der Waals surface area contributed by atoms with Crippen LogP contribution in [0.15, 0.2) is 48.5 Å². The molecule has 0 aromatic heterocycles. The molecule has 1 saturated carbocycles. The highest BCUT2D eigenvalue weighted by molar-refractivity contribution is 5.95. The molecule has 2 aromatic carbocycles. The van der Waals surface area contributed by atoms with Crippen LogP contribution in [0.4, 0.5) is 0 Å². The van der Waals surface area contributed by atoms with E-state index in [9.17, 15) is 20.0 Å². The summed E-state index contributed by atoms with van der Waals surface area (Å²) < 4.78 is 0. The predicted molar refractivity (Wildman–Crippen MR) is 122 cm³/mol. The summed E-state index contributed by atoms with van der Waals surface area (Å²) in [5.41, 5.74) is 3.30. The molecule has 2 aromatic rings. The van der Waals surface area contributed by atoms with Crippen LogP contribution in [0.5, 0.6) is 0 Å². The normalized spacial score (nSPS) is 22.8. The van der Waals surface area contributed by atoms with Gasteiger partial charge in [-0.3, -0.25) is 9.59 Å². The Morgan fingerprint density at radius 2 is 1.84 bits per heavy atom. The maximum Gasteiger partial charge on any atom is 0.253 e. The number of hydrogen-bond donors (Lipinski definition) is 1. The summed E-state index contributed by atoms with van der Waals surface area (Å²) in [6.07, 6.45) is 3.80. The van der Waals surface area contributed by atoms with Gasteiger partial charge < -0.3 is 14.9 Å². The van der Waals surface area contributed by atoms with Crippen molar-refractivity contribution in [2.45, 2.75) is 43.7 Å². The van der Waals surface area contributed by atoms with Gasteiger partial charge in [0.15, 0.2) is 0 Å². The van der Waals surface area contributed by atoms with Crippen LogP contribution >= 0.6 is 0 Å². The average Bonchev–Trinajstić information content (AvgIpc) is 3.34. The second-order valence-electron chi connectivity index (χ2n) is 8.94. The third kappa shape index (κ3) is 3.78. The minimum Gasteiger partial charge on any atom is -0.394 e. The number of nitrogens with zero attached hydrogens (tertiary/aromatic N) is 3. The monoisotopic (exact) mass is 431 g/mol. The van der Waals surface area contributed by atoms with E-state index in [1.807, 2.05) is 42.5 Å². The second-order valence-corrected chi connectivity index (χ2v) is 8.94. The van der Waals surface area contributed by atoms with Crippen molar-refractivity contribution in [1.29, 1.82) is 5.26 Å². The molecule has 2 amide bonds. The van der Waals surface area contributed by atoms with E-state index in [4.69, 9.17) is 0 Å². The molecule has 166 valence electrons. The third-order valence-corrected chi connectivity index (χ3v) is 6.84. The highest BCUT2D eigenvalue weighted by Crippen LogP contribution is 2.45. The van der Waals surface area contributed by atoms with Gasteiger partial charge in [-0.25, -0.2) is 0 Å². The van der Waals surface area contributed by atoms with Crippen molar-refractivity contribution in [3.05, 3.63) is 59.7 Å². The molecule has 1 aliphatic heterocycles. The highest BCUT2D eigenvalue weighted by Gasteiger charge is 2.53. The van der Waals surface area contributed by atoms with E-state index >= 15 is 0 Å². The Morgan fingerprint density at radius 1 is 1.12 bits per heavy atom. The lowest BCUT2D eigenvalue weighted by Crippen LogP contribution is -2.66. The molecule has 1 aliphatic carbocycles. The van der Waals surface area contributed by atoms with Crippen molar-refractivity contribution >= 4 is 11.8 Å². The first-order chi connectivity index (χ1) is 15.5. The Kier molecular flexibility index (Phi) is 6.29. The Balaban J connectivity index is 1.69. The van der Waals surface area contributed by atoms with Crippen LogP contribution < -0.4 is 0 Å². The fourth-order valence-electron chi connectivity index (χ4n) is 5.20. The minimum absolute atomic E-state index is 0.000378. The van der Waals surface area contributed by atoms with Gasteiger partial charge in [0.1, 0.15) is 6.04 Å². The van der Waals surface area contributed by atoms with Gasteiger partial charge in [0.05, 0.1) is 18.7 Å². The molecule has 0 radical (unpaired) electrons. The Labute approximate surface area is 189 Å². The number of aliphatic hydroxyl groups is 1. The van der Waals surface area contributed by atoms with Crippen molar-refractivity contribution in [3.8, 4) is 17.2 Å². The maximum absolute atomic E-state index is 13.1. The molecule has 6 heteroatoms. The van der Waals surface area contributed by atoms with Gasteiger partial charge in [-0.2, -0.15) is 5.26 Å². The fraction of sp³-hybridized carbons (Fsp3) is 0.423. The van der Waals surface area contributed by atoms with Crippen LogP contribution in [0, 0.1) is 17.2 Å². The molecule has 0 spiro atoms. The number of amides is 2. The molecule has 32 heavy (non-hydrogen) atoms. The number of hydrogen-bond acceptors (Lipinski definition) is 4. The molecular formula is C26H29N3O3. The molecule has 6 nitrogen and oxygen atoms in total. The summed E-state index contributed by atoms with van der Waals surface area (Å²) >= 11 is 0. The van der Waals surface area contributed by atoms with Crippen LogP contribution in [0.2, 0.25) is 0 Å². The van der Waals surface area contributed by atoms with Gasteiger partial charge in [0, 0.05) is 31.5 Å². The summed E-state index contributed by atoms with van der Waals surface area (Å²) in [5, 5.41) is 20.1. The zero-order chi connectivity index (χ0) is 22.8. The Bertz CT molecular complexity index is 1050. The van der Waals surface area contributed by atoms with Gasteiger partial charge in [0.25, 0.3) is 5.91 Å². The number of rotatable bonds is 5. The average molecular weight is 432 g/mol. The van der Waals surface area contributed by atoms with Gasteiger partial charge >= 0.3 is 0 Å². The largest absolute Gasteiger partial charge is 0.394 e. The zero-order valence-electron chi connectivity index (χ0n) is 18.6. The van der Waals surface area contributed by atoms with Crippen molar-refractivity contribution in [2.24, 2.45) is 5.92 Å². The zero-order valence-corrected chi connectivity index (χ0v) is 18.6. The van der Waals surface area contributed by atoms with E-state index in [0.29, 0.717) is 5.56 Å². The first kappa shape index (κ1) is 22.0. The molecule has 3 atom stereocenters. The van der Waals surface area contributed by atoms with Crippen LogP contribution in [0.3, 0.4) is 0 Å². The number of likely N-dealkylation sites (tertiary alicyclic amines) is 1. The molecule has 0 unspecified atom stereocenters. The smallest absolute Gasteiger partial charge is 0.253 e. The van der Waals surface area contributed by atoms with Crippen LogP contribution in [-0.2, 0) is 4.79 Å². The van der Waals surface area contributed by atoms with Crippen LogP contribution in [0.1, 0.15) is 47.5 Å². The van der Waals surface area contributed by atoms with Gasteiger partial charge in [0.2, 0.25) is 5.91 Å². The molecule has 2 aliphatic rings. The molecule has 1 saturated heterocycles. The van der Waals surface area contributed by atoms with Gasteiger partial charge in [-0.1, -0.05) is 49.2 Å². The standard InChI is InChI=1S/C26H29N3O3/c1-28(2)25(31)19-11-7-10-18(14-19)20-12-5-6-13-21(20)24-22(15-27)29(23(24)16-30)26(32)17-8-3-4-9-17/h5-7,10-14,17,22-24,30H,3-4,8-9,16H2,1-2H3/t22-,23+,24-/m0/s1. The molecule has 4 rings (SSSR count). The highest BCUT2D eigenvalue weighted by atomic mass is 16.3. The quantitative estimate of drug-likeness (QED) is 0.786. The predicted octanol–water partition coefficient (Wildman–Crippen LogP) is 3.42. The number of nitriles is 1. The lowest BCUT2D eigenvalue weighted by atomic mass is 9.72. The minimum atomic E-state index is -0.604. The van der Waals surface area contributed by atoms with E-state index in [2.05, 4.69) is 6.07 Å². The van der Waals surface area contributed by atoms with Crippen LogP contribution in [-0.4, -0.2) is 59.5 Å². The summed E-state index contributed by atoms with van der Waals surface area (Å²) in [4.78, 5) is 28.7. The lowest BCUT2D eigenvalue weighted by Gasteiger charge is -2.52. The summed E-state index contributed by atoms with van der Waals surface area (Å²) in [6, 6.07) is 16.5. The number of carbonyl (C=O) groups excluding carboxylic acids is 2. The molecule has 1 N–H and O–H groups in total. The van der Waals surface area contributed by atoms with E-state index in [0.717, 1.165) is 42.4 Å². The molecule has 1 heterocycles. The van der Waals surface area contributed by atoms with E-state index < -0.39 is 12.1 Å². The van der Waals surface area contributed by atoms with Crippen LogP contribution in [0.25, 0.3) is 11.1 Å². The summed E-state index contributed by atoms with van der Waals surface area (Å²) in [5.74, 6) is -0.394. The first-order valence-electron chi connectivity index (χ1n) is 11.2. The van der Waals surface area contributed by atoms with Crippen molar-refractivity contribution < 1.29 is 14.7 Å². The Hall–Kier alpha value is -3.17. The second kappa shape index (κ2) is 9.13. The topological polar surface area (TPSA) is 84.6 Å². The molecule has 0 bridgehead atoms. The Morgan fingerprint density at radius 3 is 2.50 bits per heavy atom. The summed E-state index contributed by atoms with van der Waals surface area (Å²) in [7, 11) is 3.44. The fourth-order valence-corrected chi connectivity index (χ4v) is 5.20. The molecular weight excluding hydrogens is 402 g/mol. The molecule has 2 fully saturated rings. The van der Waals surface area contributed by atoms with E-state index in [1.54, 1.807) is 25.1 Å². The number of benzene rings is 2. The SMILES string of the molecule is CN(C)C(=O)c1cccc(-c2ccccc2[C@@H]2[C@@H](CO)N(C(=O)C3CCCC3)[C@H]2C#N)c1. The first-order valence-corrected chi connectivity index (χ1v) is 11.2. The van der Waals surface area contributed by atoms with Crippen molar-refractivity contribution in [3.63, 3.8) is 0 Å². The summed E-state index contributed by atoms with van der Waals surface area (Å²) in [6.45, 7) is -0.186.